The number of hydrogen-bond donors (Lipinski definition) is 2. The monoisotopic (exact) mass is 299 g/mol. The summed E-state index contributed by atoms with van der Waals surface area (Å²) in [5.74, 6) is 1.71. The van der Waals surface area contributed by atoms with Crippen LogP contribution in [0.25, 0.3) is 0 Å². The number of H-pyrrole nitrogens is 1. The third kappa shape index (κ3) is 3.88. The van der Waals surface area contributed by atoms with Crippen molar-refractivity contribution in [2.75, 3.05) is 5.73 Å². The highest BCUT2D eigenvalue weighted by Gasteiger charge is 2.06. The zero-order valence-corrected chi connectivity index (χ0v) is 12.4. The molecule has 3 N–H and O–H groups in total. The maximum Gasteiger partial charge on any atom is 0.180 e. The number of nitrogens with one attached hydrogen (secondary N) is 1. The minimum absolute atomic E-state index is 0.590. The van der Waals surface area contributed by atoms with Crippen molar-refractivity contribution in [3.05, 3.63) is 58.6 Å². The Morgan fingerprint density at radius 3 is 2.71 bits per heavy atom. The second kappa shape index (κ2) is 6.49. The van der Waals surface area contributed by atoms with E-state index in [1.54, 1.807) is 0 Å². The summed E-state index contributed by atoms with van der Waals surface area (Å²) in [4.78, 5) is 8.73. The molecule has 5 nitrogen and oxygen atoms in total. The van der Waals surface area contributed by atoms with Crippen molar-refractivity contribution in [1.29, 1.82) is 0 Å². The van der Waals surface area contributed by atoms with E-state index in [0.29, 0.717) is 11.6 Å². The van der Waals surface area contributed by atoms with Crippen LogP contribution in [0.2, 0.25) is 0 Å². The van der Waals surface area contributed by atoms with Crippen LogP contribution in [0, 0.1) is 0 Å². The Kier molecular flexibility index (Phi) is 4.25. The third-order valence-corrected chi connectivity index (χ3v) is 3.93. The molecule has 0 amide bonds. The highest BCUT2D eigenvalue weighted by molar-refractivity contribution is 7.13. The number of benzene rings is 1. The van der Waals surface area contributed by atoms with Crippen LogP contribution in [-0.2, 0) is 19.3 Å². The lowest BCUT2D eigenvalue weighted by atomic mass is 10.1. The molecule has 0 bridgehead atoms. The van der Waals surface area contributed by atoms with Crippen LogP contribution in [0.15, 0.2) is 35.7 Å². The quantitative estimate of drug-likeness (QED) is 0.733. The number of anilines is 1. The number of thiazole rings is 1. The van der Waals surface area contributed by atoms with Crippen LogP contribution >= 0.6 is 11.3 Å². The van der Waals surface area contributed by atoms with Crippen LogP contribution in [0.5, 0.6) is 0 Å². The van der Waals surface area contributed by atoms with Crippen molar-refractivity contribution >= 4 is 16.5 Å². The molecule has 2 aromatic heterocycles. The first-order chi connectivity index (χ1) is 10.3. The first-order valence-electron chi connectivity index (χ1n) is 6.93. The third-order valence-electron chi connectivity index (χ3n) is 3.20. The number of rotatable bonds is 6. The van der Waals surface area contributed by atoms with Gasteiger partial charge in [-0.15, -0.1) is 11.3 Å². The summed E-state index contributed by atoms with van der Waals surface area (Å²) in [5, 5.41) is 9.78. The van der Waals surface area contributed by atoms with E-state index in [4.69, 9.17) is 5.73 Å². The topological polar surface area (TPSA) is 80.5 Å². The van der Waals surface area contributed by atoms with Gasteiger partial charge in [0, 0.05) is 11.8 Å². The zero-order chi connectivity index (χ0) is 14.5. The van der Waals surface area contributed by atoms with E-state index in [1.807, 2.05) is 11.4 Å². The van der Waals surface area contributed by atoms with Crippen molar-refractivity contribution in [3.8, 4) is 0 Å². The highest BCUT2D eigenvalue weighted by Crippen LogP contribution is 2.13. The average molecular weight is 299 g/mol. The Balaban J connectivity index is 1.51. The van der Waals surface area contributed by atoms with Gasteiger partial charge in [-0.3, -0.25) is 5.10 Å². The summed E-state index contributed by atoms with van der Waals surface area (Å²) in [6, 6.07) is 10.5. The van der Waals surface area contributed by atoms with Crippen molar-refractivity contribution in [1.82, 2.24) is 20.2 Å². The fourth-order valence-electron chi connectivity index (χ4n) is 2.20. The molecule has 2 heterocycles. The summed E-state index contributed by atoms with van der Waals surface area (Å²) >= 11 is 1.45. The van der Waals surface area contributed by atoms with Crippen molar-refractivity contribution < 1.29 is 0 Å². The van der Waals surface area contributed by atoms with Crippen LogP contribution in [-0.4, -0.2) is 20.2 Å². The van der Waals surface area contributed by atoms with Crippen LogP contribution in [0.4, 0.5) is 5.13 Å². The molecule has 0 aliphatic rings. The van der Waals surface area contributed by atoms with Gasteiger partial charge in [-0.25, -0.2) is 9.97 Å². The Morgan fingerprint density at radius 2 is 1.95 bits per heavy atom. The Morgan fingerprint density at radius 1 is 1.10 bits per heavy atom. The minimum atomic E-state index is 0.590. The van der Waals surface area contributed by atoms with Gasteiger partial charge in [0.2, 0.25) is 0 Å². The number of nitrogens with zero attached hydrogens (tertiary/aromatic N) is 3. The molecular weight excluding hydrogens is 282 g/mol. The number of aromatic amines is 1. The molecule has 0 saturated carbocycles. The van der Waals surface area contributed by atoms with Gasteiger partial charge in [0.25, 0.3) is 0 Å². The first kappa shape index (κ1) is 13.8. The molecule has 0 aliphatic heterocycles. The van der Waals surface area contributed by atoms with Gasteiger partial charge in [-0.05, 0) is 18.4 Å². The maximum atomic E-state index is 5.62. The second-order valence-electron chi connectivity index (χ2n) is 4.89. The molecule has 3 rings (SSSR count). The molecule has 3 aromatic rings. The van der Waals surface area contributed by atoms with E-state index in [1.165, 1.54) is 16.9 Å². The normalized spacial score (nSPS) is 10.9. The minimum Gasteiger partial charge on any atom is -0.375 e. The molecule has 0 radical (unpaired) electrons. The Bertz CT molecular complexity index is 689. The number of nitrogens with two attached hydrogens (primary N) is 1. The van der Waals surface area contributed by atoms with Gasteiger partial charge in [-0.1, -0.05) is 30.3 Å². The molecule has 1 aromatic carbocycles. The van der Waals surface area contributed by atoms with Gasteiger partial charge < -0.3 is 5.73 Å². The molecular formula is C15H17N5S. The lowest BCUT2D eigenvalue weighted by molar-refractivity contribution is 0.774. The van der Waals surface area contributed by atoms with E-state index in [9.17, 15) is 0 Å². The van der Waals surface area contributed by atoms with Crippen molar-refractivity contribution in [2.45, 2.75) is 25.7 Å². The predicted octanol–water partition coefficient (Wildman–Crippen LogP) is 2.61. The van der Waals surface area contributed by atoms with E-state index in [2.05, 4.69) is 44.4 Å². The molecule has 21 heavy (non-hydrogen) atoms. The van der Waals surface area contributed by atoms with Gasteiger partial charge in [0.05, 0.1) is 12.1 Å². The summed E-state index contributed by atoms with van der Waals surface area (Å²) in [6.07, 6.45) is 3.63. The highest BCUT2D eigenvalue weighted by atomic mass is 32.1. The zero-order valence-electron chi connectivity index (χ0n) is 11.6. The first-order valence-corrected chi connectivity index (χ1v) is 7.81. The van der Waals surface area contributed by atoms with E-state index in [0.717, 1.165) is 36.6 Å². The summed E-state index contributed by atoms with van der Waals surface area (Å²) in [5.41, 5.74) is 7.91. The Labute approximate surface area is 127 Å². The fraction of sp³-hybridized carbons (Fsp3) is 0.267. The molecule has 0 unspecified atom stereocenters. The molecule has 0 spiro atoms. The predicted molar refractivity (Wildman–Crippen MR) is 84.2 cm³/mol. The van der Waals surface area contributed by atoms with Gasteiger partial charge in [-0.2, -0.15) is 5.10 Å². The van der Waals surface area contributed by atoms with Crippen LogP contribution in [0.1, 0.15) is 29.3 Å². The van der Waals surface area contributed by atoms with Crippen molar-refractivity contribution in [3.63, 3.8) is 0 Å². The average Bonchev–Trinajstić information content (AvgIpc) is 3.10. The standard InChI is InChI=1S/C15H17N5S/c16-15-17-12(10-21-15)9-14-18-13(19-20-14)8-4-7-11-5-2-1-3-6-11/h1-3,5-6,10H,4,7-9H2,(H2,16,17)(H,18,19,20). The molecule has 6 heteroatoms. The molecule has 0 fully saturated rings. The van der Waals surface area contributed by atoms with Crippen molar-refractivity contribution in [2.24, 2.45) is 0 Å². The largest absolute Gasteiger partial charge is 0.375 e. The van der Waals surface area contributed by atoms with E-state index >= 15 is 0 Å². The van der Waals surface area contributed by atoms with Gasteiger partial charge >= 0.3 is 0 Å². The molecule has 0 aliphatic carbocycles. The van der Waals surface area contributed by atoms with E-state index < -0.39 is 0 Å². The SMILES string of the molecule is Nc1nc(Cc2nc(CCCc3ccccc3)n[nH]2)cs1. The van der Waals surface area contributed by atoms with Crippen LogP contribution < -0.4 is 5.73 Å². The number of aromatic nitrogens is 4. The smallest absolute Gasteiger partial charge is 0.180 e. The second-order valence-corrected chi connectivity index (χ2v) is 5.78. The van der Waals surface area contributed by atoms with Gasteiger partial charge in [0.1, 0.15) is 5.82 Å². The molecule has 0 saturated heterocycles. The number of hydrogen-bond acceptors (Lipinski definition) is 5. The number of nitrogen functional groups attached to an aromatic ring is 1. The summed E-state index contributed by atoms with van der Waals surface area (Å²) in [7, 11) is 0. The lowest BCUT2D eigenvalue weighted by Crippen LogP contribution is -1.94. The summed E-state index contributed by atoms with van der Waals surface area (Å²) < 4.78 is 0. The molecule has 0 atom stereocenters. The number of aryl methyl sites for hydroxylation is 2. The lowest BCUT2D eigenvalue weighted by Gasteiger charge is -1.98. The van der Waals surface area contributed by atoms with Gasteiger partial charge in [0.15, 0.2) is 11.0 Å². The fourth-order valence-corrected chi connectivity index (χ4v) is 2.76. The summed E-state index contributed by atoms with van der Waals surface area (Å²) in [6.45, 7) is 0. The van der Waals surface area contributed by atoms with E-state index in [-0.39, 0.29) is 0 Å². The maximum absolute atomic E-state index is 5.62. The van der Waals surface area contributed by atoms with Crippen LogP contribution in [0.3, 0.4) is 0 Å². The Hall–Kier alpha value is -2.21. The molecule has 108 valence electrons.